The van der Waals surface area contributed by atoms with Crippen molar-refractivity contribution in [1.82, 2.24) is 0 Å². The maximum atomic E-state index is 10.3. The number of aliphatic hydroxyl groups excluding tert-OH is 4. The van der Waals surface area contributed by atoms with Gasteiger partial charge in [-0.15, -0.1) is 0 Å². The Morgan fingerprint density at radius 1 is 0.958 bits per heavy atom. The van der Waals surface area contributed by atoms with Crippen molar-refractivity contribution in [2.75, 3.05) is 6.61 Å². The summed E-state index contributed by atoms with van der Waals surface area (Å²) in [6.07, 6.45) is -4.68. The Hall–Kier alpha value is -1.96. The highest BCUT2D eigenvalue weighted by atomic mass is 16.6. The number of ether oxygens (including phenoxy) is 1. The second-order valence-electron chi connectivity index (χ2n) is 5.97. The highest BCUT2D eigenvalue weighted by Crippen LogP contribution is 2.42. The van der Waals surface area contributed by atoms with Crippen LogP contribution in [-0.2, 0) is 0 Å². The molecule has 5 N–H and O–H groups in total. The van der Waals surface area contributed by atoms with Gasteiger partial charge in [0.15, 0.2) is 5.60 Å². The van der Waals surface area contributed by atoms with E-state index < -0.39 is 36.6 Å². The first-order valence-corrected chi connectivity index (χ1v) is 7.68. The highest BCUT2D eigenvalue weighted by molar-refractivity contribution is 5.63. The van der Waals surface area contributed by atoms with E-state index in [0.717, 1.165) is 11.1 Å². The minimum atomic E-state index is -2.12. The largest absolute Gasteiger partial charge is 0.462 e. The van der Waals surface area contributed by atoms with E-state index in [1.165, 1.54) is 0 Å². The van der Waals surface area contributed by atoms with Crippen LogP contribution in [0, 0.1) is 5.92 Å². The molecule has 1 fully saturated rings. The average molecular weight is 332 g/mol. The second kappa shape index (κ2) is 6.51. The van der Waals surface area contributed by atoms with Crippen molar-refractivity contribution in [3.63, 3.8) is 0 Å². The van der Waals surface area contributed by atoms with Crippen LogP contribution in [0.2, 0.25) is 0 Å². The third-order valence-corrected chi connectivity index (χ3v) is 4.60. The van der Waals surface area contributed by atoms with Gasteiger partial charge < -0.3 is 30.3 Å². The summed E-state index contributed by atoms with van der Waals surface area (Å²) >= 11 is 0. The van der Waals surface area contributed by atoms with Crippen LogP contribution in [0.4, 0.5) is 0 Å². The third-order valence-electron chi connectivity index (χ3n) is 4.60. The number of rotatable bonds is 5. The molecule has 0 aliphatic heterocycles. The predicted octanol–water partition coefficient (Wildman–Crippen LogP) is 0.126. The molecule has 5 atom stereocenters. The van der Waals surface area contributed by atoms with Crippen LogP contribution in [0.3, 0.4) is 0 Å². The molecule has 0 amide bonds. The lowest BCUT2D eigenvalue weighted by Gasteiger charge is -2.53. The number of benzene rings is 2. The summed E-state index contributed by atoms with van der Waals surface area (Å²) in [5.41, 5.74) is -0.128. The van der Waals surface area contributed by atoms with Crippen molar-refractivity contribution in [3.8, 4) is 16.9 Å². The van der Waals surface area contributed by atoms with Gasteiger partial charge in [0.2, 0.25) is 6.29 Å². The van der Waals surface area contributed by atoms with Gasteiger partial charge in [-0.2, -0.15) is 0 Å². The summed E-state index contributed by atoms with van der Waals surface area (Å²) in [6, 6.07) is 16.6. The predicted molar refractivity (Wildman–Crippen MR) is 86.1 cm³/mol. The maximum absolute atomic E-state index is 10.3. The average Bonchev–Trinajstić information content (AvgIpc) is 2.62. The van der Waals surface area contributed by atoms with Crippen molar-refractivity contribution < 1.29 is 30.3 Å². The zero-order valence-electron chi connectivity index (χ0n) is 12.9. The molecule has 0 bridgehead atoms. The van der Waals surface area contributed by atoms with Crippen molar-refractivity contribution in [2.45, 2.75) is 24.1 Å². The smallest absolute Gasteiger partial charge is 0.229 e. The van der Waals surface area contributed by atoms with Crippen LogP contribution in [-0.4, -0.2) is 56.2 Å². The van der Waals surface area contributed by atoms with Gasteiger partial charge in [0.05, 0.1) is 12.7 Å². The Balaban J connectivity index is 1.72. The summed E-state index contributed by atoms with van der Waals surface area (Å²) in [5.74, 6) is -0.785. The Kier molecular flexibility index (Phi) is 4.58. The van der Waals surface area contributed by atoms with Gasteiger partial charge in [-0.05, 0) is 23.3 Å². The van der Waals surface area contributed by atoms with Crippen molar-refractivity contribution in [2.24, 2.45) is 5.92 Å². The van der Waals surface area contributed by atoms with Crippen LogP contribution in [0.5, 0.6) is 5.75 Å². The fraction of sp³-hybridized carbons (Fsp3) is 0.333. The van der Waals surface area contributed by atoms with E-state index in [9.17, 15) is 25.5 Å². The summed E-state index contributed by atoms with van der Waals surface area (Å²) in [7, 11) is 0. The fourth-order valence-corrected chi connectivity index (χ4v) is 3.03. The molecule has 0 aromatic heterocycles. The lowest BCUT2D eigenvalue weighted by Crippen LogP contribution is -2.76. The van der Waals surface area contributed by atoms with Gasteiger partial charge in [-0.1, -0.05) is 42.5 Å². The zero-order valence-corrected chi connectivity index (χ0v) is 12.9. The first-order valence-electron chi connectivity index (χ1n) is 7.68. The molecule has 5 unspecified atom stereocenters. The lowest BCUT2D eigenvalue weighted by molar-refractivity contribution is -0.332. The molecule has 0 saturated heterocycles. The first kappa shape index (κ1) is 16.9. The van der Waals surface area contributed by atoms with Crippen molar-refractivity contribution in [1.29, 1.82) is 0 Å². The summed E-state index contributed by atoms with van der Waals surface area (Å²) in [4.78, 5) is 0. The molecule has 0 spiro atoms. The van der Waals surface area contributed by atoms with E-state index in [4.69, 9.17) is 4.74 Å². The summed E-state index contributed by atoms with van der Waals surface area (Å²) in [5, 5.41) is 48.9. The third kappa shape index (κ3) is 2.68. The van der Waals surface area contributed by atoms with Gasteiger partial charge in [0.1, 0.15) is 11.9 Å². The summed E-state index contributed by atoms with van der Waals surface area (Å²) < 4.78 is 5.29. The Morgan fingerprint density at radius 3 is 2.12 bits per heavy atom. The molecule has 3 rings (SSSR count). The van der Waals surface area contributed by atoms with E-state index in [-0.39, 0.29) is 0 Å². The van der Waals surface area contributed by atoms with E-state index >= 15 is 0 Å². The molecule has 128 valence electrons. The second-order valence-corrected chi connectivity index (χ2v) is 5.97. The fourth-order valence-electron chi connectivity index (χ4n) is 3.03. The molecule has 24 heavy (non-hydrogen) atoms. The molecule has 2 aromatic carbocycles. The standard InChI is InChI=1S/C18H20O6/c19-10-14-15(20)16(21)18(14,23)17(22)24-13-8-6-12(7-9-13)11-4-2-1-3-5-11/h1-9,14-17,19-23H,10H2. The maximum Gasteiger partial charge on any atom is 0.229 e. The molecule has 6 nitrogen and oxygen atoms in total. The van der Waals surface area contributed by atoms with Gasteiger partial charge in [-0.25, -0.2) is 0 Å². The zero-order chi connectivity index (χ0) is 17.3. The van der Waals surface area contributed by atoms with Gasteiger partial charge in [0.25, 0.3) is 0 Å². The minimum absolute atomic E-state index is 0.292. The molecule has 0 radical (unpaired) electrons. The Labute approximate surface area is 139 Å². The Bertz CT molecular complexity index is 674. The van der Waals surface area contributed by atoms with E-state index in [2.05, 4.69) is 0 Å². The molecule has 0 heterocycles. The van der Waals surface area contributed by atoms with E-state index in [1.807, 2.05) is 30.3 Å². The molecule has 1 aliphatic rings. The minimum Gasteiger partial charge on any atom is -0.462 e. The van der Waals surface area contributed by atoms with Crippen LogP contribution in [0.25, 0.3) is 11.1 Å². The van der Waals surface area contributed by atoms with Gasteiger partial charge in [0, 0.05) is 5.92 Å². The van der Waals surface area contributed by atoms with Crippen LogP contribution in [0.15, 0.2) is 54.6 Å². The van der Waals surface area contributed by atoms with E-state index in [0.29, 0.717) is 5.75 Å². The highest BCUT2D eigenvalue weighted by Gasteiger charge is 2.65. The summed E-state index contributed by atoms with van der Waals surface area (Å²) in [6.45, 7) is -0.581. The molecule has 2 aromatic rings. The molecule has 1 aliphatic carbocycles. The molecular weight excluding hydrogens is 312 g/mol. The number of hydrogen-bond donors (Lipinski definition) is 5. The topological polar surface area (TPSA) is 110 Å². The van der Waals surface area contributed by atoms with Gasteiger partial charge in [-0.3, -0.25) is 0 Å². The lowest BCUT2D eigenvalue weighted by atomic mass is 9.64. The molecular formula is C18H20O6. The van der Waals surface area contributed by atoms with Crippen LogP contribution in [0.1, 0.15) is 0 Å². The quantitative estimate of drug-likeness (QED) is 0.498. The van der Waals surface area contributed by atoms with E-state index in [1.54, 1.807) is 24.3 Å². The van der Waals surface area contributed by atoms with Crippen LogP contribution < -0.4 is 4.74 Å². The Morgan fingerprint density at radius 2 is 1.54 bits per heavy atom. The number of aliphatic hydroxyl groups is 5. The molecule has 6 heteroatoms. The number of hydrogen-bond acceptors (Lipinski definition) is 6. The normalized spacial score (nSPS) is 30.5. The van der Waals surface area contributed by atoms with Crippen molar-refractivity contribution >= 4 is 0 Å². The van der Waals surface area contributed by atoms with Crippen LogP contribution >= 0.6 is 0 Å². The van der Waals surface area contributed by atoms with Crippen molar-refractivity contribution in [3.05, 3.63) is 54.6 Å². The monoisotopic (exact) mass is 332 g/mol. The molecule has 1 saturated carbocycles. The SMILES string of the molecule is OCC1C(O)C(O)C1(O)C(O)Oc1ccc(-c2ccccc2)cc1. The van der Waals surface area contributed by atoms with Gasteiger partial charge >= 0.3 is 0 Å². The first-order chi connectivity index (χ1) is 11.5.